The number of hydrogen-bond acceptors (Lipinski definition) is 1. The summed E-state index contributed by atoms with van der Waals surface area (Å²) in [6, 6.07) is 0.876. The molecule has 1 heterocycles. The molecule has 100 valence electrons. The molecule has 1 aliphatic heterocycles. The minimum atomic E-state index is -4.53. The Labute approximate surface area is 118 Å². The van der Waals surface area contributed by atoms with Gasteiger partial charge in [0.25, 0.3) is 0 Å². The van der Waals surface area contributed by atoms with Crippen molar-refractivity contribution in [2.75, 3.05) is 18.0 Å². The fraction of sp³-hybridized carbons (Fsp3) is 0.455. The molecule has 0 atom stereocenters. The van der Waals surface area contributed by atoms with E-state index in [0.717, 1.165) is 18.9 Å². The lowest BCUT2D eigenvalue weighted by Gasteiger charge is -2.23. The maximum absolute atomic E-state index is 13.9. The quantitative estimate of drug-likeness (QED) is 0.612. The van der Waals surface area contributed by atoms with Crippen LogP contribution in [0.15, 0.2) is 15.0 Å². The molecule has 1 aromatic rings. The third-order valence-corrected chi connectivity index (χ3v) is 4.25. The largest absolute Gasteiger partial charge is 0.418 e. The van der Waals surface area contributed by atoms with E-state index in [1.807, 2.05) is 0 Å². The Hall–Kier alpha value is -0.300. The van der Waals surface area contributed by atoms with Gasteiger partial charge in [-0.05, 0) is 34.8 Å². The van der Waals surface area contributed by atoms with Crippen LogP contribution in [0.5, 0.6) is 0 Å². The zero-order valence-electron chi connectivity index (χ0n) is 9.12. The van der Waals surface area contributed by atoms with Crippen LogP contribution in [0, 0.1) is 5.82 Å². The van der Waals surface area contributed by atoms with E-state index in [2.05, 4.69) is 31.9 Å². The first-order valence-electron chi connectivity index (χ1n) is 5.32. The summed E-state index contributed by atoms with van der Waals surface area (Å²) in [5, 5.41) is 0. The van der Waals surface area contributed by atoms with E-state index in [-0.39, 0.29) is 14.6 Å². The van der Waals surface area contributed by atoms with Crippen molar-refractivity contribution in [3.63, 3.8) is 0 Å². The number of benzene rings is 1. The van der Waals surface area contributed by atoms with E-state index in [9.17, 15) is 17.6 Å². The number of rotatable bonds is 1. The molecule has 0 aliphatic carbocycles. The summed E-state index contributed by atoms with van der Waals surface area (Å²) in [5.41, 5.74) is -0.867. The van der Waals surface area contributed by atoms with Gasteiger partial charge in [0.05, 0.1) is 15.7 Å². The molecule has 1 saturated heterocycles. The lowest BCUT2D eigenvalue weighted by Crippen LogP contribution is -2.21. The first kappa shape index (κ1) is 14.1. The molecule has 0 spiro atoms. The highest BCUT2D eigenvalue weighted by Gasteiger charge is 2.38. The van der Waals surface area contributed by atoms with Crippen LogP contribution in [0.25, 0.3) is 0 Å². The Bertz CT molecular complexity index is 467. The molecule has 0 saturated carbocycles. The van der Waals surface area contributed by atoms with Crippen LogP contribution in [0.4, 0.5) is 23.2 Å². The van der Waals surface area contributed by atoms with E-state index in [1.54, 1.807) is 4.90 Å². The van der Waals surface area contributed by atoms with Gasteiger partial charge in [-0.3, -0.25) is 0 Å². The average molecular weight is 391 g/mol. The van der Waals surface area contributed by atoms with Gasteiger partial charge in [0, 0.05) is 17.6 Å². The van der Waals surface area contributed by atoms with E-state index in [0.29, 0.717) is 13.1 Å². The predicted octanol–water partition coefficient (Wildman–Crippen LogP) is 4.97. The second kappa shape index (κ2) is 5.00. The SMILES string of the molecule is Fc1cc(Br)c(C(F)(F)F)c(Br)c1N1CCCC1. The van der Waals surface area contributed by atoms with Crippen LogP contribution >= 0.6 is 31.9 Å². The summed E-state index contributed by atoms with van der Waals surface area (Å²) in [6.45, 7) is 1.16. The topological polar surface area (TPSA) is 3.24 Å². The molecular formula is C11H9Br2F4N. The molecule has 0 amide bonds. The summed E-state index contributed by atoms with van der Waals surface area (Å²) in [5.74, 6) is -0.649. The molecule has 1 aromatic carbocycles. The molecule has 0 radical (unpaired) electrons. The second-order valence-electron chi connectivity index (χ2n) is 4.07. The lowest BCUT2D eigenvalue weighted by atomic mass is 10.1. The van der Waals surface area contributed by atoms with Crippen molar-refractivity contribution in [2.45, 2.75) is 19.0 Å². The molecule has 0 unspecified atom stereocenters. The average Bonchev–Trinajstić information content (AvgIpc) is 2.67. The van der Waals surface area contributed by atoms with Gasteiger partial charge < -0.3 is 4.90 Å². The zero-order valence-corrected chi connectivity index (χ0v) is 12.3. The number of anilines is 1. The third-order valence-electron chi connectivity index (χ3n) is 2.85. The van der Waals surface area contributed by atoms with Gasteiger partial charge in [0.2, 0.25) is 0 Å². The zero-order chi connectivity index (χ0) is 13.5. The Kier molecular flexibility index (Phi) is 3.92. The minimum absolute atomic E-state index is 0.00280. The number of halogens is 6. The fourth-order valence-corrected chi connectivity index (χ4v) is 3.84. The van der Waals surface area contributed by atoms with E-state index in [1.165, 1.54) is 0 Å². The fourth-order valence-electron chi connectivity index (χ4n) is 2.07. The summed E-state index contributed by atoms with van der Waals surface area (Å²) in [4.78, 5) is 1.64. The van der Waals surface area contributed by atoms with Crippen LogP contribution in [0.3, 0.4) is 0 Å². The first-order valence-corrected chi connectivity index (χ1v) is 6.90. The van der Waals surface area contributed by atoms with Gasteiger partial charge in [0.15, 0.2) is 0 Å². The summed E-state index contributed by atoms with van der Waals surface area (Å²) >= 11 is 5.67. The van der Waals surface area contributed by atoms with Crippen molar-refractivity contribution in [1.82, 2.24) is 0 Å². The maximum Gasteiger partial charge on any atom is 0.418 e. The van der Waals surface area contributed by atoms with Crippen LogP contribution in [0.1, 0.15) is 18.4 Å². The summed E-state index contributed by atoms with van der Waals surface area (Å²) in [7, 11) is 0. The van der Waals surface area contributed by atoms with Crippen molar-refractivity contribution in [3.05, 3.63) is 26.4 Å². The van der Waals surface area contributed by atoms with Crippen molar-refractivity contribution in [2.24, 2.45) is 0 Å². The third kappa shape index (κ3) is 2.52. The smallest absolute Gasteiger partial charge is 0.368 e. The Balaban J connectivity index is 2.59. The van der Waals surface area contributed by atoms with Gasteiger partial charge >= 0.3 is 6.18 Å². The molecule has 1 aliphatic rings. The van der Waals surface area contributed by atoms with E-state index < -0.39 is 17.6 Å². The van der Waals surface area contributed by atoms with Crippen molar-refractivity contribution >= 4 is 37.5 Å². The van der Waals surface area contributed by atoms with Crippen molar-refractivity contribution in [3.8, 4) is 0 Å². The van der Waals surface area contributed by atoms with Crippen LogP contribution in [-0.4, -0.2) is 13.1 Å². The minimum Gasteiger partial charge on any atom is -0.368 e. The number of alkyl halides is 3. The normalized spacial score (nSPS) is 16.4. The molecule has 0 bridgehead atoms. The van der Waals surface area contributed by atoms with E-state index in [4.69, 9.17) is 0 Å². The highest BCUT2D eigenvalue weighted by molar-refractivity contribution is 9.11. The van der Waals surface area contributed by atoms with Gasteiger partial charge in [-0.2, -0.15) is 13.2 Å². The Morgan fingerprint density at radius 1 is 1.11 bits per heavy atom. The molecule has 0 N–H and O–H groups in total. The van der Waals surface area contributed by atoms with Crippen LogP contribution in [0.2, 0.25) is 0 Å². The Morgan fingerprint density at radius 2 is 1.67 bits per heavy atom. The van der Waals surface area contributed by atoms with Crippen LogP contribution < -0.4 is 4.90 Å². The van der Waals surface area contributed by atoms with Gasteiger partial charge in [-0.15, -0.1) is 0 Å². The van der Waals surface area contributed by atoms with Gasteiger partial charge in [0.1, 0.15) is 5.82 Å². The predicted molar refractivity (Wildman–Crippen MR) is 68.2 cm³/mol. The molecule has 0 aromatic heterocycles. The second-order valence-corrected chi connectivity index (χ2v) is 5.72. The summed E-state index contributed by atoms with van der Waals surface area (Å²) in [6.07, 6.45) is -2.80. The number of hydrogen-bond donors (Lipinski definition) is 0. The first-order chi connectivity index (χ1) is 8.32. The molecule has 1 nitrogen and oxygen atoms in total. The standard InChI is InChI=1S/C11H9Br2F4N/c12-6-5-7(14)10(18-3-1-2-4-18)9(13)8(6)11(15,16)17/h5H,1-4H2. The monoisotopic (exact) mass is 389 g/mol. The van der Waals surface area contributed by atoms with Gasteiger partial charge in [-0.1, -0.05) is 15.9 Å². The summed E-state index contributed by atoms with van der Waals surface area (Å²) < 4.78 is 52.1. The molecule has 7 heteroatoms. The molecule has 2 rings (SSSR count). The lowest BCUT2D eigenvalue weighted by molar-refractivity contribution is -0.138. The highest BCUT2D eigenvalue weighted by atomic mass is 79.9. The van der Waals surface area contributed by atoms with Crippen molar-refractivity contribution in [1.29, 1.82) is 0 Å². The Morgan fingerprint density at radius 3 is 2.17 bits per heavy atom. The van der Waals surface area contributed by atoms with Crippen LogP contribution in [-0.2, 0) is 6.18 Å². The molecule has 1 fully saturated rings. The molecule has 18 heavy (non-hydrogen) atoms. The van der Waals surface area contributed by atoms with Crippen molar-refractivity contribution < 1.29 is 17.6 Å². The van der Waals surface area contributed by atoms with E-state index >= 15 is 0 Å². The van der Waals surface area contributed by atoms with Gasteiger partial charge in [-0.25, -0.2) is 4.39 Å². The maximum atomic E-state index is 13.9. The highest BCUT2D eigenvalue weighted by Crippen LogP contribution is 2.45. The molecular weight excluding hydrogens is 382 g/mol. The number of nitrogens with zero attached hydrogens (tertiary/aromatic N) is 1.